The Labute approximate surface area is 149 Å². The van der Waals surface area contributed by atoms with Gasteiger partial charge in [-0.05, 0) is 25.1 Å². The van der Waals surface area contributed by atoms with E-state index in [0.717, 1.165) is 16.9 Å². The minimum Gasteiger partial charge on any atom is -0.310 e. The van der Waals surface area contributed by atoms with Crippen molar-refractivity contribution in [1.29, 1.82) is 0 Å². The number of thioether (sulfide) groups is 1. The molecule has 4 rings (SSSR count). The summed E-state index contributed by atoms with van der Waals surface area (Å²) < 4.78 is 16.1. The maximum absolute atomic E-state index is 14.4. The Kier molecular flexibility index (Phi) is 4.05. The Hall–Kier alpha value is -2.60. The van der Waals surface area contributed by atoms with Crippen LogP contribution in [0.4, 0.5) is 10.2 Å². The molecule has 1 atom stereocenters. The second-order valence-electron chi connectivity index (χ2n) is 5.86. The van der Waals surface area contributed by atoms with Crippen LogP contribution in [-0.2, 0) is 4.79 Å². The number of hydrogen-bond donors (Lipinski definition) is 1. The van der Waals surface area contributed by atoms with Crippen molar-refractivity contribution in [3.05, 3.63) is 77.2 Å². The van der Waals surface area contributed by atoms with Gasteiger partial charge in [-0.25, -0.2) is 9.07 Å². The number of fused-ring (bicyclic) bond motifs is 1. The average Bonchev–Trinajstić information content (AvgIpc) is 2.83. The molecule has 0 saturated heterocycles. The molecule has 0 unspecified atom stereocenters. The summed E-state index contributed by atoms with van der Waals surface area (Å²) in [6.07, 6.45) is 0. The number of hydrogen-bond acceptors (Lipinski definition) is 3. The van der Waals surface area contributed by atoms with Crippen LogP contribution in [-0.4, -0.2) is 21.4 Å². The number of halogens is 1. The molecule has 0 fully saturated rings. The lowest BCUT2D eigenvalue weighted by atomic mass is 10.0. The van der Waals surface area contributed by atoms with Gasteiger partial charge in [0.25, 0.3) is 0 Å². The third-order valence-corrected chi connectivity index (χ3v) is 5.45. The molecule has 0 saturated carbocycles. The third kappa shape index (κ3) is 2.82. The maximum atomic E-state index is 14.4. The zero-order chi connectivity index (χ0) is 17.4. The van der Waals surface area contributed by atoms with Gasteiger partial charge in [0, 0.05) is 11.1 Å². The smallest absolute Gasteiger partial charge is 0.235 e. The van der Waals surface area contributed by atoms with Crippen molar-refractivity contribution in [2.24, 2.45) is 0 Å². The number of carbonyl (C=O) groups excluding carboxylic acids is 1. The average molecular weight is 353 g/mol. The summed E-state index contributed by atoms with van der Waals surface area (Å²) in [6, 6.07) is 16.3. The van der Waals surface area contributed by atoms with Crippen LogP contribution in [0.5, 0.6) is 0 Å². The molecular formula is C19H16FN3OS. The van der Waals surface area contributed by atoms with Crippen molar-refractivity contribution >= 4 is 23.5 Å². The molecule has 25 heavy (non-hydrogen) atoms. The number of rotatable bonds is 2. The number of amides is 1. The van der Waals surface area contributed by atoms with Crippen LogP contribution in [0.2, 0.25) is 0 Å². The molecule has 2 aromatic carbocycles. The van der Waals surface area contributed by atoms with Crippen molar-refractivity contribution < 1.29 is 9.18 Å². The number of aryl methyl sites for hydroxylation is 1. The number of carbonyl (C=O) groups is 1. The van der Waals surface area contributed by atoms with E-state index >= 15 is 0 Å². The van der Waals surface area contributed by atoms with Gasteiger partial charge in [0.1, 0.15) is 11.6 Å². The first-order chi connectivity index (χ1) is 12.1. The van der Waals surface area contributed by atoms with E-state index in [1.807, 2.05) is 43.3 Å². The first-order valence-electron chi connectivity index (χ1n) is 7.96. The SMILES string of the molecule is Cc1nn(-c2ccccc2)c2c1[C@@H](c1ccccc1F)SCC(=O)N2. The second-order valence-corrected chi connectivity index (χ2v) is 6.95. The number of benzene rings is 2. The summed E-state index contributed by atoms with van der Waals surface area (Å²) in [6.45, 7) is 1.89. The van der Waals surface area contributed by atoms with Gasteiger partial charge in [0.05, 0.1) is 22.4 Å². The van der Waals surface area contributed by atoms with E-state index < -0.39 is 0 Å². The highest BCUT2D eigenvalue weighted by Crippen LogP contribution is 2.44. The van der Waals surface area contributed by atoms with Crippen LogP contribution in [0.15, 0.2) is 54.6 Å². The van der Waals surface area contributed by atoms with E-state index in [9.17, 15) is 9.18 Å². The lowest BCUT2D eigenvalue weighted by Crippen LogP contribution is -2.15. The Morgan fingerprint density at radius 1 is 1.16 bits per heavy atom. The zero-order valence-electron chi connectivity index (χ0n) is 13.6. The number of nitrogens with zero attached hydrogens (tertiary/aromatic N) is 2. The van der Waals surface area contributed by atoms with Crippen molar-refractivity contribution in [3.63, 3.8) is 0 Å². The van der Waals surface area contributed by atoms with E-state index in [0.29, 0.717) is 11.4 Å². The second kappa shape index (κ2) is 6.37. The van der Waals surface area contributed by atoms with Gasteiger partial charge in [0.2, 0.25) is 5.91 Å². The van der Waals surface area contributed by atoms with Crippen molar-refractivity contribution in [1.82, 2.24) is 9.78 Å². The molecule has 0 bridgehead atoms. The van der Waals surface area contributed by atoms with E-state index in [1.165, 1.54) is 17.8 Å². The highest BCUT2D eigenvalue weighted by atomic mass is 32.2. The molecule has 1 N–H and O–H groups in total. The minimum absolute atomic E-state index is 0.109. The van der Waals surface area contributed by atoms with Crippen LogP contribution in [0.1, 0.15) is 22.1 Å². The van der Waals surface area contributed by atoms with Crippen molar-refractivity contribution in [2.75, 3.05) is 11.1 Å². The lowest BCUT2D eigenvalue weighted by molar-refractivity contribution is -0.113. The fourth-order valence-electron chi connectivity index (χ4n) is 3.07. The molecule has 6 heteroatoms. The molecule has 1 amide bonds. The first-order valence-corrected chi connectivity index (χ1v) is 9.01. The standard InChI is InChI=1S/C19H16FN3OS/c1-12-17-18(14-9-5-6-10-15(14)20)25-11-16(24)21-19(17)23(22-12)13-7-3-2-4-8-13/h2-10,18H,11H2,1H3,(H,21,24)/t18-/m1/s1. The van der Waals surface area contributed by atoms with Crippen LogP contribution >= 0.6 is 11.8 Å². The molecule has 1 aliphatic rings. The van der Waals surface area contributed by atoms with Gasteiger partial charge in [-0.15, -0.1) is 11.8 Å². The summed E-state index contributed by atoms with van der Waals surface area (Å²) in [7, 11) is 0. The number of para-hydroxylation sites is 1. The molecule has 0 radical (unpaired) electrons. The Balaban J connectivity index is 1.92. The van der Waals surface area contributed by atoms with Gasteiger partial charge in [0.15, 0.2) is 0 Å². The van der Waals surface area contributed by atoms with Crippen LogP contribution in [0.3, 0.4) is 0 Å². The molecule has 126 valence electrons. The van der Waals surface area contributed by atoms with Gasteiger partial charge >= 0.3 is 0 Å². The summed E-state index contributed by atoms with van der Waals surface area (Å²) in [5.74, 6) is 0.503. The van der Waals surface area contributed by atoms with Gasteiger partial charge in [-0.1, -0.05) is 36.4 Å². The molecule has 2 heterocycles. The molecule has 1 aromatic heterocycles. The first kappa shape index (κ1) is 15.9. The Bertz CT molecular complexity index is 939. The Morgan fingerprint density at radius 3 is 2.64 bits per heavy atom. The summed E-state index contributed by atoms with van der Waals surface area (Å²) in [4.78, 5) is 12.2. The molecule has 4 nitrogen and oxygen atoms in total. The maximum Gasteiger partial charge on any atom is 0.235 e. The van der Waals surface area contributed by atoms with Gasteiger partial charge in [-0.2, -0.15) is 5.10 Å². The zero-order valence-corrected chi connectivity index (χ0v) is 14.4. The largest absolute Gasteiger partial charge is 0.310 e. The van der Waals surface area contributed by atoms with Gasteiger partial charge < -0.3 is 5.32 Å². The number of anilines is 1. The van der Waals surface area contributed by atoms with Crippen molar-refractivity contribution in [3.8, 4) is 5.69 Å². The fourth-order valence-corrected chi connectivity index (χ4v) is 4.28. The number of nitrogens with one attached hydrogen (secondary N) is 1. The quantitative estimate of drug-likeness (QED) is 0.755. The summed E-state index contributed by atoms with van der Waals surface area (Å²) >= 11 is 1.42. The van der Waals surface area contributed by atoms with E-state index in [-0.39, 0.29) is 22.7 Å². The molecular weight excluding hydrogens is 337 g/mol. The van der Waals surface area contributed by atoms with Crippen LogP contribution in [0.25, 0.3) is 5.69 Å². The summed E-state index contributed by atoms with van der Waals surface area (Å²) in [5.41, 5.74) is 3.05. The Morgan fingerprint density at radius 2 is 1.88 bits per heavy atom. The van der Waals surface area contributed by atoms with Crippen molar-refractivity contribution in [2.45, 2.75) is 12.2 Å². The molecule has 3 aromatic rings. The summed E-state index contributed by atoms with van der Waals surface area (Å²) in [5, 5.41) is 7.27. The monoisotopic (exact) mass is 353 g/mol. The highest BCUT2D eigenvalue weighted by molar-refractivity contribution is 8.00. The molecule has 0 spiro atoms. The molecule has 1 aliphatic heterocycles. The lowest BCUT2D eigenvalue weighted by Gasteiger charge is -2.16. The van der Waals surface area contributed by atoms with Gasteiger partial charge in [-0.3, -0.25) is 4.79 Å². The van der Waals surface area contributed by atoms with E-state index in [2.05, 4.69) is 10.4 Å². The highest BCUT2D eigenvalue weighted by Gasteiger charge is 2.31. The van der Waals surface area contributed by atoms with Crippen LogP contribution < -0.4 is 5.32 Å². The topological polar surface area (TPSA) is 46.9 Å². The third-order valence-electron chi connectivity index (χ3n) is 4.20. The van der Waals surface area contributed by atoms with Crippen LogP contribution in [0, 0.1) is 12.7 Å². The van der Waals surface area contributed by atoms with E-state index in [4.69, 9.17) is 0 Å². The number of aromatic nitrogens is 2. The predicted octanol–water partition coefficient (Wildman–Crippen LogP) is 4.09. The normalized spacial score (nSPS) is 16.9. The predicted molar refractivity (Wildman–Crippen MR) is 97.6 cm³/mol. The fraction of sp³-hybridized carbons (Fsp3) is 0.158. The minimum atomic E-state index is -0.285. The van der Waals surface area contributed by atoms with E-state index in [1.54, 1.807) is 16.8 Å². The molecule has 0 aliphatic carbocycles.